The average molecular weight is 318 g/mol. The van der Waals surface area contributed by atoms with Gasteiger partial charge >= 0.3 is 5.97 Å². The Bertz CT molecular complexity index is 559. The van der Waals surface area contributed by atoms with Crippen LogP contribution in [0.25, 0.3) is 9.75 Å². The maximum Gasteiger partial charge on any atom is 0.348 e. The predicted molar refractivity (Wildman–Crippen MR) is 71.4 cm³/mol. The third-order valence-corrected chi connectivity index (χ3v) is 5.51. The van der Waals surface area contributed by atoms with E-state index in [0.717, 1.165) is 19.8 Å². The van der Waals surface area contributed by atoms with E-state index in [1.807, 2.05) is 18.4 Å². The zero-order valence-electron chi connectivity index (χ0n) is 8.28. The fourth-order valence-corrected chi connectivity index (χ4v) is 4.34. The molecule has 0 aliphatic heterocycles. The summed E-state index contributed by atoms with van der Waals surface area (Å²) in [6.07, 6.45) is 0. The molecule has 0 aromatic carbocycles. The number of carboxylic acids is 1. The van der Waals surface area contributed by atoms with Gasteiger partial charge in [0, 0.05) is 4.47 Å². The second-order valence-electron chi connectivity index (χ2n) is 3.20. The van der Waals surface area contributed by atoms with Crippen LogP contribution < -0.4 is 5.73 Å². The number of hydrogen-bond donors (Lipinski definition) is 2. The van der Waals surface area contributed by atoms with E-state index in [2.05, 4.69) is 15.9 Å². The van der Waals surface area contributed by atoms with Gasteiger partial charge in [0.15, 0.2) is 0 Å². The minimum absolute atomic E-state index is 0.216. The van der Waals surface area contributed by atoms with Gasteiger partial charge in [0.05, 0.1) is 15.4 Å². The molecule has 0 aliphatic carbocycles. The summed E-state index contributed by atoms with van der Waals surface area (Å²) in [5.41, 5.74) is 6.99. The number of anilines is 1. The van der Waals surface area contributed by atoms with E-state index in [1.165, 1.54) is 11.3 Å². The Labute approximate surface area is 109 Å². The van der Waals surface area contributed by atoms with Crippen LogP contribution in [-0.4, -0.2) is 11.1 Å². The lowest BCUT2D eigenvalue weighted by Crippen LogP contribution is -1.97. The van der Waals surface area contributed by atoms with Crippen LogP contribution in [0.4, 0.5) is 5.69 Å². The summed E-state index contributed by atoms with van der Waals surface area (Å²) in [6, 6.07) is 1.94. The molecule has 0 bridgehead atoms. The van der Waals surface area contributed by atoms with Crippen molar-refractivity contribution in [3.8, 4) is 9.75 Å². The van der Waals surface area contributed by atoms with Crippen molar-refractivity contribution in [2.45, 2.75) is 6.92 Å². The molecule has 2 rings (SSSR count). The highest BCUT2D eigenvalue weighted by Gasteiger charge is 2.20. The summed E-state index contributed by atoms with van der Waals surface area (Å²) in [6.45, 7) is 1.85. The molecule has 84 valence electrons. The van der Waals surface area contributed by atoms with E-state index >= 15 is 0 Å². The SMILES string of the molecule is Cc1c(-c2sccc2Br)sc(C(=O)O)c1N. The number of halogens is 1. The molecule has 0 amide bonds. The Morgan fingerprint density at radius 2 is 2.19 bits per heavy atom. The first-order valence-electron chi connectivity index (χ1n) is 4.38. The quantitative estimate of drug-likeness (QED) is 0.884. The zero-order valence-corrected chi connectivity index (χ0v) is 11.5. The van der Waals surface area contributed by atoms with Crippen LogP contribution in [0.15, 0.2) is 15.9 Å². The summed E-state index contributed by atoms with van der Waals surface area (Å²) in [7, 11) is 0. The van der Waals surface area contributed by atoms with Crippen molar-refractivity contribution in [1.29, 1.82) is 0 Å². The number of thiophene rings is 2. The van der Waals surface area contributed by atoms with Crippen LogP contribution in [-0.2, 0) is 0 Å². The number of nitrogens with two attached hydrogens (primary N) is 1. The Morgan fingerprint density at radius 3 is 2.62 bits per heavy atom. The molecule has 2 aromatic heterocycles. The molecule has 0 aliphatic rings. The van der Waals surface area contributed by atoms with Gasteiger partial charge in [-0.2, -0.15) is 0 Å². The van der Waals surface area contributed by atoms with Gasteiger partial charge in [-0.1, -0.05) is 0 Å². The molecular weight excluding hydrogens is 310 g/mol. The molecule has 0 atom stereocenters. The van der Waals surface area contributed by atoms with E-state index in [4.69, 9.17) is 10.8 Å². The monoisotopic (exact) mass is 317 g/mol. The van der Waals surface area contributed by atoms with Crippen molar-refractivity contribution in [3.63, 3.8) is 0 Å². The normalized spacial score (nSPS) is 10.6. The molecule has 3 N–H and O–H groups in total. The Balaban J connectivity index is 2.64. The number of rotatable bonds is 2. The number of carbonyl (C=O) groups is 1. The van der Waals surface area contributed by atoms with Crippen LogP contribution in [0.1, 0.15) is 15.2 Å². The zero-order chi connectivity index (χ0) is 11.9. The van der Waals surface area contributed by atoms with Crippen LogP contribution in [0.5, 0.6) is 0 Å². The first-order chi connectivity index (χ1) is 7.52. The lowest BCUT2D eigenvalue weighted by atomic mass is 10.2. The van der Waals surface area contributed by atoms with Gasteiger partial charge in [0.25, 0.3) is 0 Å². The fraction of sp³-hybridized carbons (Fsp3) is 0.100. The highest BCUT2D eigenvalue weighted by atomic mass is 79.9. The number of nitrogen functional groups attached to an aromatic ring is 1. The maximum absolute atomic E-state index is 11.0. The molecule has 2 aromatic rings. The average Bonchev–Trinajstić information content (AvgIpc) is 2.74. The Morgan fingerprint density at radius 1 is 1.50 bits per heavy atom. The van der Waals surface area contributed by atoms with Gasteiger partial charge in [0.2, 0.25) is 0 Å². The van der Waals surface area contributed by atoms with Crippen LogP contribution >= 0.6 is 38.6 Å². The van der Waals surface area contributed by atoms with Gasteiger partial charge < -0.3 is 10.8 Å². The third kappa shape index (κ3) is 1.77. The molecule has 0 spiro atoms. The van der Waals surface area contributed by atoms with Gasteiger partial charge in [-0.3, -0.25) is 0 Å². The molecule has 0 saturated carbocycles. The molecule has 0 saturated heterocycles. The van der Waals surface area contributed by atoms with E-state index in [-0.39, 0.29) is 4.88 Å². The largest absolute Gasteiger partial charge is 0.477 e. The van der Waals surface area contributed by atoms with Crippen molar-refractivity contribution in [2.75, 3.05) is 5.73 Å². The van der Waals surface area contributed by atoms with E-state index in [1.54, 1.807) is 11.3 Å². The molecule has 0 radical (unpaired) electrons. The van der Waals surface area contributed by atoms with Crippen molar-refractivity contribution >= 4 is 50.3 Å². The first-order valence-corrected chi connectivity index (χ1v) is 6.86. The molecular formula is C10H8BrNO2S2. The molecule has 0 unspecified atom stereocenters. The molecule has 0 fully saturated rings. The first kappa shape index (κ1) is 11.6. The summed E-state index contributed by atoms with van der Waals surface area (Å²) in [5, 5.41) is 10.9. The summed E-state index contributed by atoms with van der Waals surface area (Å²) < 4.78 is 0.971. The fourth-order valence-electron chi connectivity index (χ4n) is 1.36. The van der Waals surface area contributed by atoms with Gasteiger partial charge in [-0.15, -0.1) is 22.7 Å². The molecule has 6 heteroatoms. The second-order valence-corrected chi connectivity index (χ2v) is 5.99. The lowest BCUT2D eigenvalue weighted by Gasteiger charge is -1.96. The number of aromatic carboxylic acids is 1. The molecule has 3 nitrogen and oxygen atoms in total. The van der Waals surface area contributed by atoms with Crippen molar-refractivity contribution in [3.05, 3.63) is 26.4 Å². The lowest BCUT2D eigenvalue weighted by molar-refractivity contribution is 0.0703. The highest BCUT2D eigenvalue weighted by Crippen LogP contribution is 2.43. The summed E-state index contributed by atoms with van der Waals surface area (Å²) >= 11 is 6.22. The van der Waals surface area contributed by atoms with Crippen LogP contribution in [0.2, 0.25) is 0 Å². The predicted octanol–water partition coefficient (Wildman–Crippen LogP) is 3.83. The maximum atomic E-state index is 11.0. The Kier molecular flexibility index (Phi) is 3.05. The Hall–Kier alpha value is -0.850. The minimum atomic E-state index is -0.968. The van der Waals surface area contributed by atoms with Gasteiger partial charge in [-0.25, -0.2) is 4.79 Å². The van der Waals surface area contributed by atoms with Gasteiger partial charge in [0.1, 0.15) is 4.88 Å². The standard InChI is InChI=1S/C10H8BrNO2S2/c1-4-6(12)9(10(13)14)16-7(4)8-5(11)2-3-15-8/h2-3H,12H2,1H3,(H,13,14). The summed E-state index contributed by atoms with van der Waals surface area (Å²) in [5.74, 6) is -0.968. The van der Waals surface area contributed by atoms with Gasteiger partial charge in [-0.05, 0) is 39.9 Å². The number of hydrogen-bond acceptors (Lipinski definition) is 4. The van der Waals surface area contributed by atoms with Crippen molar-refractivity contribution < 1.29 is 9.90 Å². The second kappa shape index (κ2) is 4.20. The van der Waals surface area contributed by atoms with Crippen LogP contribution in [0.3, 0.4) is 0 Å². The van der Waals surface area contributed by atoms with Crippen molar-refractivity contribution in [1.82, 2.24) is 0 Å². The minimum Gasteiger partial charge on any atom is -0.477 e. The smallest absolute Gasteiger partial charge is 0.348 e. The number of carboxylic acid groups (broad SMARTS) is 1. The summed E-state index contributed by atoms with van der Waals surface area (Å²) in [4.78, 5) is 13.1. The molecule has 2 heterocycles. The van der Waals surface area contributed by atoms with E-state index in [9.17, 15) is 4.79 Å². The van der Waals surface area contributed by atoms with Crippen molar-refractivity contribution in [2.24, 2.45) is 0 Å². The van der Waals surface area contributed by atoms with E-state index < -0.39 is 5.97 Å². The molecule has 16 heavy (non-hydrogen) atoms. The highest BCUT2D eigenvalue weighted by molar-refractivity contribution is 9.10. The van der Waals surface area contributed by atoms with Crippen LogP contribution in [0, 0.1) is 6.92 Å². The van der Waals surface area contributed by atoms with E-state index in [0.29, 0.717) is 5.69 Å². The topological polar surface area (TPSA) is 63.3 Å². The third-order valence-electron chi connectivity index (χ3n) is 2.21.